The SMILES string of the molecule is O=C(O)[C@H]1CCCN(C(=O)/C=C/c2cc(Br)ccc2F)C1. The number of rotatable bonds is 3. The van der Waals surface area contributed by atoms with Crippen LogP contribution in [0, 0.1) is 11.7 Å². The molecule has 112 valence electrons. The lowest BCUT2D eigenvalue weighted by Gasteiger charge is -2.29. The molecule has 1 fully saturated rings. The fraction of sp³-hybridized carbons (Fsp3) is 0.333. The van der Waals surface area contributed by atoms with Gasteiger partial charge < -0.3 is 10.0 Å². The van der Waals surface area contributed by atoms with Gasteiger partial charge in [-0.05, 0) is 37.1 Å². The Bertz CT molecular complexity index is 588. The van der Waals surface area contributed by atoms with Crippen molar-refractivity contribution in [3.05, 3.63) is 40.1 Å². The van der Waals surface area contributed by atoms with E-state index in [0.29, 0.717) is 24.9 Å². The van der Waals surface area contributed by atoms with Crippen LogP contribution in [0.5, 0.6) is 0 Å². The number of hydrogen-bond acceptors (Lipinski definition) is 2. The number of aliphatic carboxylic acids is 1. The molecule has 6 heteroatoms. The van der Waals surface area contributed by atoms with Crippen molar-refractivity contribution in [3.63, 3.8) is 0 Å². The molecule has 2 rings (SSSR count). The molecule has 1 atom stereocenters. The number of carbonyl (C=O) groups excluding carboxylic acids is 1. The smallest absolute Gasteiger partial charge is 0.308 e. The predicted molar refractivity (Wildman–Crippen MR) is 80.1 cm³/mol. The highest BCUT2D eigenvalue weighted by atomic mass is 79.9. The molecule has 0 bridgehead atoms. The average Bonchev–Trinajstić information content (AvgIpc) is 2.48. The first kappa shape index (κ1) is 15.7. The molecule has 4 nitrogen and oxygen atoms in total. The lowest BCUT2D eigenvalue weighted by Crippen LogP contribution is -2.41. The Morgan fingerprint density at radius 2 is 2.19 bits per heavy atom. The van der Waals surface area contributed by atoms with Gasteiger partial charge >= 0.3 is 5.97 Å². The van der Waals surface area contributed by atoms with Gasteiger partial charge in [0, 0.05) is 29.2 Å². The molecule has 1 aliphatic heterocycles. The maximum Gasteiger partial charge on any atom is 0.308 e. The molecule has 1 aromatic carbocycles. The molecule has 21 heavy (non-hydrogen) atoms. The number of carboxylic acid groups (broad SMARTS) is 1. The number of piperidine rings is 1. The molecule has 1 amide bonds. The van der Waals surface area contributed by atoms with Crippen molar-refractivity contribution in [2.45, 2.75) is 12.8 Å². The van der Waals surface area contributed by atoms with Crippen LogP contribution in [0.4, 0.5) is 4.39 Å². The standard InChI is InChI=1S/C15H15BrFNO3/c16-12-4-5-13(17)10(8-12)3-6-14(19)18-7-1-2-11(9-18)15(20)21/h3-6,8,11H,1-2,7,9H2,(H,20,21)/b6-3+/t11-/m0/s1. The summed E-state index contributed by atoms with van der Waals surface area (Å²) in [5.41, 5.74) is 0.310. The fourth-order valence-electron chi connectivity index (χ4n) is 2.29. The van der Waals surface area contributed by atoms with E-state index >= 15 is 0 Å². The third kappa shape index (κ3) is 4.14. The third-order valence-corrected chi connectivity index (χ3v) is 3.94. The Labute approximate surface area is 130 Å². The van der Waals surface area contributed by atoms with Gasteiger partial charge in [0.25, 0.3) is 0 Å². The summed E-state index contributed by atoms with van der Waals surface area (Å²) in [4.78, 5) is 24.5. The number of likely N-dealkylation sites (tertiary alicyclic amines) is 1. The van der Waals surface area contributed by atoms with Gasteiger partial charge in [-0.3, -0.25) is 9.59 Å². The van der Waals surface area contributed by atoms with Crippen LogP contribution in [-0.4, -0.2) is 35.0 Å². The van der Waals surface area contributed by atoms with Crippen LogP contribution in [0.15, 0.2) is 28.7 Å². The van der Waals surface area contributed by atoms with Gasteiger partial charge in [-0.1, -0.05) is 15.9 Å². The second-order valence-corrected chi connectivity index (χ2v) is 5.88. The van der Waals surface area contributed by atoms with E-state index < -0.39 is 17.7 Å². The minimum Gasteiger partial charge on any atom is -0.481 e. The summed E-state index contributed by atoms with van der Waals surface area (Å²) < 4.78 is 14.3. The molecule has 1 saturated heterocycles. The largest absolute Gasteiger partial charge is 0.481 e. The van der Waals surface area contributed by atoms with Crippen LogP contribution in [0.3, 0.4) is 0 Å². The Morgan fingerprint density at radius 1 is 1.43 bits per heavy atom. The predicted octanol–water partition coefficient (Wildman–Crippen LogP) is 2.92. The summed E-state index contributed by atoms with van der Waals surface area (Å²) in [5.74, 6) is -2.10. The Balaban J connectivity index is 2.05. The Kier molecular flexibility index (Phi) is 5.12. The van der Waals surface area contributed by atoms with Gasteiger partial charge in [0.15, 0.2) is 0 Å². The minimum absolute atomic E-state index is 0.208. The van der Waals surface area contributed by atoms with E-state index in [4.69, 9.17) is 5.11 Å². The van der Waals surface area contributed by atoms with Crippen molar-refractivity contribution in [2.75, 3.05) is 13.1 Å². The minimum atomic E-state index is -0.880. The van der Waals surface area contributed by atoms with Gasteiger partial charge in [0.1, 0.15) is 5.82 Å². The van der Waals surface area contributed by atoms with Gasteiger partial charge in [0.05, 0.1) is 5.92 Å². The molecule has 1 aliphatic rings. The van der Waals surface area contributed by atoms with Crippen LogP contribution >= 0.6 is 15.9 Å². The van der Waals surface area contributed by atoms with Gasteiger partial charge in [-0.15, -0.1) is 0 Å². The van der Waals surface area contributed by atoms with E-state index in [0.717, 1.165) is 4.47 Å². The highest BCUT2D eigenvalue weighted by Gasteiger charge is 2.27. The van der Waals surface area contributed by atoms with Gasteiger partial charge in [0.2, 0.25) is 5.91 Å². The molecule has 1 heterocycles. The molecule has 0 aromatic heterocycles. The number of hydrogen-bond donors (Lipinski definition) is 1. The number of nitrogens with zero attached hydrogens (tertiary/aromatic N) is 1. The van der Waals surface area contributed by atoms with Crippen LogP contribution in [0.25, 0.3) is 6.08 Å². The van der Waals surface area contributed by atoms with Crippen LogP contribution in [-0.2, 0) is 9.59 Å². The first-order valence-corrected chi connectivity index (χ1v) is 7.41. The maximum atomic E-state index is 13.6. The van der Waals surface area contributed by atoms with E-state index in [1.807, 2.05) is 0 Å². The van der Waals surface area contributed by atoms with Crippen molar-refractivity contribution >= 4 is 33.9 Å². The van der Waals surface area contributed by atoms with Gasteiger partial charge in [-0.25, -0.2) is 4.39 Å². The Morgan fingerprint density at radius 3 is 2.90 bits per heavy atom. The summed E-state index contributed by atoms with van der Waals surface area (Å²) >= 11 is 3.24. The molecule has 0 saturated carbocycles. The highest BCUT2D eigenvalue weighted by Crippen LogP contribution is 2.19. The first-order valence-electron chi connectivity index (χ1n) is 6.62. The Hall–Kier alpha value is -1.69. The lowest BCUT2D eigenvalue weighted by atomic mass is 9.98. The molecule has 0 aliphatic carbocycles. The zero-order chi connectivity index (χ0) is 15.4. The van der Waals surface area contributed by atoms with Crippen molar-refractivity contribution < 1.29 is 19.1 Å². The number of carboxylic acids is 1. The molecule has 0 radical (unpaired) electrons. The molecular weight excluding hydrogens is 341 g/mol. The molecule has 1 N–H and O–H groups in total. The third-order valence-electron chi connectivity index (χ3n) is 3.45. The van der Waals surface area contributed by atoms with Crippen molar-refractivity contribution in [3.8, 4) is 0 Å². The summed E-state index contributed by atoms with van der Waals surface area (Å²) in [7, 11) is 0. The fourth-order valence-corrected chi connectivity index (χ4v) is 2.67. The second-order valence-electron chi connectivity index (χ2n) is 4.96. The normalized spacial score (nSPS) is 19.0. The van der Waals surface area contributed by atoms with Crippen LogP contribution < -0.4 is 0 Å². The summed E-state index contributed by atoms with van der Waals surface area (Å²) in [6.45, 7) is 0.743. The van der Waals surface area contributed by atoms with E-state index in [9.17, 15) is 14.0 Å². The van der Waals surface area contributed by atoms with Crippen LogP contribution in [0.2, 0.25) is 0 Å². The van der Waals surface area contributed by atoms with Crippen molar-refractivity contribution in [1.82, 2.24) is 4.90 Å². The second kappa shape index (κ2) is 6.85. The topological polar surface area (TPSA) is 57.6 Å². The number of benzene rings is 1. The van der Waals surface area contributed by atoms with Crippen molar-refractivity contribution in [1.29, 1.82) is 0 Å². The van der Waals surface area contributed by atoms with Crippen molar-refractivity contribution in [2.24, 2.45) is 5.92 Å². The number of halogens is 2. The van der Waals surface area contributed by atoms with E-state index in [1.54, 1.807) is 12.1 Å². The van der Waals surface area contributed by atoms with E-state index in [1.165, 1.54) is 23.1 Å². The summed E-state index contributed by atoms with van der Waals surface area (Å²) in [6.07, 6.45) is 3.95. The lowest BCUT2D eigenvalue weighted by molar-refractivity contribution is -0.144. The van der Waals surface area contributed by atoms with Crippen LogP contribution in [0.1, 0.15) is 18.4 Å². The summed E-state index contributed by atoms with van der Waals surface area (Å²) in [5, 5.41) is 9.00. The zero-order valence-electron chi connectivity index (χ0n) is 11.3. The quantitative estimate of drug-likeness (QED) is 0.848. The number of carbonyl (C=O) groups is 2. The summed E-state index contributed by atoms with van der Waals surface area (Å²) in [6, 6.07) is 4.47. The molecular formula is C15H15BrFNO3. The van der Waals surface area contributed by atoms with Gasteiger partial charge in [-0.2, -0.15) is 0 Å². The molecule has 1 aromatic rings. The van der Waals surface area contributed by atoms with E-state index in [2.05, 4.69) is 15.9 Å². The monoisotopic (exact) mass is 355 g/mol. The highest BCUT2D eigenvalue weighted by molar-refractivity contribution is 9.10. The zero-order valence-corrected chi connectivity index (χ0v) is 12.8. The molecule has 0 spiro atoms. The average molecular weight is 356 g/mol. The van der Waals surface area contributed by atoms with E-state index in [-0.39, 0.29) is 12.5 Å². The number of amides is 1. The first-order chi connectivity index (χ1) is 9.97. The molecule has 0 unspecified atom stereocenters. The maximum absolute atomic E-state index is 13.6.